The summed E-state index contributed by atoms with van der Waals surface area (Å²) in [5.41, 5.74) is 8.57. The minimum absolute atomic E-state index is 0.0509. The van der Waals surface area contributed by atoms with Gasteiger partial charge in [-0.25, -0.2) is 4.39 Å². The van der Waals surface area contributed by atoms with Crippen LogP contribution in [0.1, 0.15) is 58.2 Å². The van der Waals surface area contributed by atoms with E-state index in [0.29, 0.717) is 17.0 Å². The molecule has 4 heteroatoms. The zero-order valence-electron chi connectivity index (χ0n) is 16.3. The van der Waals surface area contributed by atoms with E-state index in [4.69, 9.17) is 5.73 Å². The Kier molecular flexibility index (Phi) is 6.95. The molecule has 0 unspecified atom stereocenters. The molecule has 1 aromatic rings. The molecule has 2 nitrogen and oxygen atoms in total. The Hall–Kier alpha value is -1.68. The van der Waals surface area contributed by atoms with Crippen molar-refractivity contribution in [2.24, 2.45) is 5.73 Å². The van der Waals surface area contributed by atoms with Gasteiger partial charge in [0.05, 0.1) is 5.03 Å². The van der Waals surface area contributed by atoms with Crippen LogP contribution < -0.4 is 11.1 Å². The summed E-state index contributed by atoms with van der Waals surface area (Å²) in [7, 11) is 0. The van der Waals surface area contributed by atoms with Crippen LogP contribution in [0.3, 0.4) is 0 Å². The number of halogens is 1. The van der Waals surface area contributed by atoms with Gasteiger partial charge in [-0.3, -0.25) is 0 Å². The molecule has 1 rings (SSSR count). The predicted octanol–water partition coefficient (Wildman–Crippen LogP) is 5.82. The molecule has 1 aromatic carbocycles. The smallest absolute Gasteiger partial charge is 0.130 e. The van der Waals surface area contributed by atoms with E-state index in [2.05, 4.69) is 45.3 Å². The molecule has 0 aliphatic heterocycles. The van der Waals surface area contributed by atoms with E-state index in [9.17, 15) is 4.39 Å². The Labute approximate surface area is 156 Å². The molecule has 138 valence electrons. The van der Waals surface area contributed by atoms with Gasteiger partial charge in [-0.1, -0.05) is 46.1 Å². The lowest BCUT2D eigenvalue weighted by Crippen LogP contribution is -2.16. The summed E-state index contributed by atoms with van der Waals surface area (Å²) in [6.07, 6.45) is 1.89. The number of nitrogens with two attached hydrogens (primary N) is 1. The third-order valence-corrected chi connectivity index (χ3v) is 4.80. The van der Waals surface area contributed by atoms with E-state index in [1.54, 1.807) is 13.8 Å². The van der Waals surface area contributed by atoms with Crippen molar-refractivity contribution in [1.82, 2.24) is 5.32 Å². The van der Waals surface area contributed by atoms with Gasteiger partial charge in [0.25, 0.3) is 0 Å². The normalized spacial score (nSPS) is 12.8. The number of hydrogen-bond acceptors (Lipinski definition) is 3. The molecule has 0 saturated heterocycles. The molecule has 0 atom stereocenters. The van der Waals surface area contributed by atoms with Crippen LogP contribution in [-0.2, 0) is 11.1 Å². The second kappa shape index (κ2) is 8.13. The van der Waals surface area contributed by atoms with Crippen LogP contribution in [0.2, 0.25) is 0 Å². The lowest BCUT2D eigenvalue weighted by Gasteiger charge is -2.24. The molecular weight excluding hydrogens is 331 g/mol. The van der Waals surface area contributed by atoms with Gasteiger partial charge < -0.3 is 11.1 Å². The second-order valence-electron chi connectivity index (χ2n) is 7.86. The third kappa shape index (κ3) is 6.99. The Balaban J connectivity index is 3.11. The number of hydrogen-bond donors (Lipinski definition) is 2. The molecule has 3 N–H and O–H groups in total. The number of nitrogens with one attached hydrogen (secondary N) is 1. The van der Waals surface area contributed by atoms with E-state index in [0.717, 1.165) is 21.7 Å². The van der Waals surface area contributed by atoms with Crippen molar-refractivity contribution < 1.29 is 4.39 Å². The molecule has 0 spiro atoms. The van der Waals surface area contributed by atoms with Crippen LogP contribution >= 0.6 is 11.8 Å². The highest BCUT2D eigenvalue weighted by molar-refractivity contribution is 8.03. The first kappa shape index (κ1) is 21.4. The highest BCUT2D eigenvalue weighted by atomic mass is 32.2. The molecule has 0 heterocycles. The van der Waals surface area contributed by atoms with Crippen LogP contribution in [0.4, 0.5) is 4.39 Å². The van der Waals surface area contributed by atoms with Gasteiger partial charge in [-0.2, -0.15) is 0 Å². The summed E-state index contributed by atoms with van der Waals surface area (Å²) in [5.74, 6) is 0.623. The fourth-order valence-corrected chi connectivity index (χ4v) is 2.63. The summed E-state index contributed by atoms with van der Waals surface area (Å²) in [6.45, 7) is 19.2. The third-order valence-electron chi connectivity index (χ3n) is 3.82. The summed E-state index contributed by atoms with van der Waals surface area (Å²) < 4.78 is 14.6. The molecule has 0 amide bonds. The van der Waals surface area contributed by atoms with E-state index in [1.165, 1.54) is 11.8 Å². The molecule has 0 aliphatic carbocycles. The first-order chi connectivity index (χ1) is 11.3. The summed E-state index contributed by atoms with van der Waals surface area (Å²) in [5, 5.41) is 3.96. The van der Waals surface area contributed by atoms with Crippen LogP contribution in [0.15, 0.2) is 48.3 Å². The zero-order chi connectivity index (χ0) is 19.4. The highest BCUT2D eigenvalue weighted by Crippen LogP contribution is 2.33. The van der Waals surface area contributed by atoms with Crippen molar-refractivity contribution >= 4 is 17.3 Å². The average Bonchev–Trinajstić information content (AvgIpc) is 2.48. The van der Waals surface area contributed by atoms with Crippen molar-refractivity contribution in [1.29, 1.82) is 0 Å². The molecule has 0 aromatic heterocycles. The average molecular weight is 363 g/mol. The fraction of sp³-hybridized carbons (Fsp3) is 0.429. The zero-order valence-corrected chi connectivity index (χ0v) is 17.1. The number of benzene rings is 1. The van der Waals surface area contributed by atoms with Crippen molar-refractivity contribution in [3.05, 3.63) is 65.0 Å². The molecular formula is C21H31FN2S. The van der Waals surface area contributed by atoms with Crippen LogP contribution in [0, 0.1) is 0 Å². The highest BCUT2D eigenvalue weighted by Gasteiger charge is 2.23. The van der Waals surface area contributed by atoms with Crippen molar-refractivity contribution in [2.45, 2.75) is 52.6 Å². The van der Waals surface area contributed by atoms with E-state index in [-0.39, 0.29) is 5.41 Å². The van der Waals surface area contributed by atoms with Gasteiger partial charge in [0.2, 0.25) is 0 Å². The maximum atomic E-state index is 14.6. The van der Waals surface area contributed by atoms with Crippen LogP contribution in [-0.4, -0.2) is 5.75 Å². The van der Waals surface area contributed by atoms with Crippen molar-refractivity contribution in [2.75, 3.05) is 5.75 Å². The number of allylic oxidation sites excluding steroid dienone is 1. The Morgan fingerprint density at radius 3 is 2.20 bits per heavy atom. The Morgan fingerprint density at radius 1 is 1.16 bits per heavy atom. The molecule has 0 radical (unpaired) electrons. The van der Waals surface area contributed by atoms with Gasteiger partial charge in [0.15, 0.2) is 0 Å². The van der Waals surface area contributed by atoms with Crippen LogP contribution in [0.25, 0.3) is 5.57 Å². The number of thioether (sulfide) groups is 1. The van der Waals surface area contributed by atoms with E-state index in [1.807, 2.05) is 25.3 Å². The van der Waals surface area contributed by atoms with Gasteiger partial charge in [0.1, 0.15) is 5.67 Å². The van der Waals surface area contributed by atoms with E-state index < -0.39 is 5.67 Å². The lowest BCUT2D eigenvalue weighted by atomic mass is 9.82. The quantitative estimate of drug-likeness (QED) is 0.642. The molecule has 0 aliphatic rings. The standard InChI is InChI=1S/C21H31FN2S/c1-14(12-24-16(3)25-13-15(2)23)17-9-18(20(4,5)6)11-19(10-17)21(7,8)22/h9-12,24H,2-3,13,23H2,1,4-8H3/b14-12+. The predicted molar refractivity (Wildman–Crippen MR) is 111 cm³/mol. The largest absolute Gasteiger partial charge is 0.402 e. The van der Waals surface area contributed by atoms with E-state index >= 15 is 0 Å². The monoisotopic (exact) mass is 362 g/mol. The van der Waals surface area contributed by atoms with Gasteiger partial charge in [-0.15, -0.1) is 11.8 Å². The van der Waals surface area contributed by atoms with Crippen LogP contribution in [0.5, 0.6) is 0 Å². The second-order valence-corrected chi connectivity index (χ2v) is 8.93. The maximum Gasteiger partial charge on any atom is 0.130 e. The Bertz CT molecular complexity index is 644. The Morgan fingerprint density at radius 2 is 1.72 bits per heavy atom. The summed E-state index contributed by atoms with van der Waals surface area (Å²) in [6, 6.07) is 6.01. The van der Waals surface area contributed by atoms with Gasteiger partial charge >= 0.3 is 0 Å². The minimum atomic E-state index is -1.38. The summed E-state index contributed by atoms with van der Waals surface area (Å²) in [4.78, 5) is 0. The summed E-state index contributed by atoms with van der Waals surface area (Å²) >= 11 is 1.50. The minimum Gasteiger partial charge on any atom is -0.402 e. The van der Waals surface area contributed by atoms with Crippen molar-refractivity contribution in [3.8, 4) is 0 Å². The number of alkyl halides is 1. The number of rotatable bonds is 7. The van der Waals surface area contributed by atoms with Crippen molar-refractivity contribution in [3.63, 3.8) is 0 Å². The molecule has 0 fully saturated rings. The maximum absolute atomic E-state index is 14.6. The van der Waals surface area contributed by atoms with Gasteiger partial charge in [0, 0.05) is 17.6 Å². The van der Waals surface area contributed by atoms with Gasteiger partial charge in [-0.05, 0) is 54.5 Å². The first-order valence-electron chi connectivity index (χ1n) is 8.34. The topological polar surface area (TPSA) is 38.0 Å². The molecule has 25 heavy (non-hydrogen) atoms. The lowest BCUT2D eigenvalue weighted by molar-refractivity contribution is 0.221. The molecule has 0 saturated carbocycles. The fourth-order valence-electron chi connectivity index (χ4n) is 2.13. The molecule has 0 bridgehead atoms. The SMILES string of the molecule is C=C(N)CSC(=C)N/C=C(\C)c1cc(C(C)(C)C)cc(C(C)(C)F)c1. The first-order valence-corrected chi connectivity index (χ1v) is 9.33.